The van der Waals surface area contributed by atoms with Crippen LogP contribution < -0.4 is 14.9 Å². The molecule has 1 aromatic carbocycles. The van der Waals surface area contributed by atoms with E-state index in [-0.39, 0.29) is 5.91 Å². The van der Waals surface area contributed by atoms with Crippen molar-refractivity contribution in [2.24, 2.45) is 5.10 Å². The van der Waals surface area contributed by atoms with Gasteiger partial charge in [-0.05, 0) is 24.6 Å². The highest BCUT2D eigenvalue weighted by molar-refractivity contribution is 6.32. The summed E-state index contributed by atoms with van der Waals surface area (Å²) < 4.78 is 10.6. The van der Waals surface area contributed by atoms with Crippen LogP contribution in [0.4, 0.5) is 0 Å². The molecule has 0 spiro atoms. The average Bonchev–Trinajstić information content (AvgIpc) is 2.28. The Morgan fingerprint density at radius 1 is 1.56 bits per heavy atom. The van der Waals surface area contributed by atoms with E-state index in [2.05, 4.69) is 10.5 Å². The van der Waals surface area contributed by atoms with Crippen LogP contribution in [-0.2, 0) is 4.79 Å². The fourth-order valence-corrected chi connectivity index (χ4v) is 1.62. The molecule has 1 N–H and O–H groups in total. The number of ether oxygens (including phenoxy) is 2. The van der Waals surface area contributed by atoms with Crippen molar-refractivity contribution in [2.75, 3.05) is 13.7 Å². The Bertz CT molecular complexity index is 461. The molecule has 18 heavy (non-hydrogen) atoms. The Kier molecular flexibility index (Phi) is 5.45. The zero-order chi connectivity index (χ0) is 13.5. The molecule has 98 valence electrons. The van der Waals surface area contributed by atoms with Gasteiger partial charge in [-0.15, -0.1) is 0 Å². The summed E-state index contributed by atoms with van der Waals surface area (Å²) in [5.74, 6) is 0.780. The van der Waals surface area contributed by atoms with Crippen LogP contribution in [0.2, 0.25) is 5.02 Å². The van der Waals surface area contributed by atoms with Crippen LogP contribution in [0.25, 0.3) is 0 Å². The lowest BCUT2D eigenvalue weighted by molar-refractivity contribution is -0.118. The Labute approximate surface area is 111 Å². The lowest BCUT2D eigenvalue weighted by Gasteiger charge is -2.11. The number of benzene rings is 1. The number of hydrazone groups is 1. The fraction of sp³-hybridized carbons (Fsp3) is 0.333. The van der Waals surface area contributed by atoms with Crippen molar-refractivity contribution in [1.29, 1.82) is 0 Å². The summed E-state index contributed by atoms with van der Waals surface area (Å²) in [7, 11) is 1.52. The molecule has 1 rings (SSSR count). The first-order chi connectivity index (χ1) is 8.58. The lowest BCUT2D eigenvalue weighted by atomic mass is 10.2. The SMILES string of the molecule is CCOc1cc(/C=N\NC(C)=O)cc(Cl)c1OC. The fourth-order valence-electron chi connectivity index (χ4n) is 1.32. The van der Waals surface area contributed by atoms with Crippen LogP contribution in [0.5, 0.6) is 11.5 Å². The van der Waals surface area contributed by atoms with E-state index in [1.165, 1.54) is 20.2 Å². The van der Waals surface area contributed by atoms with Crippen molar-refractivity contribution >= 4 is 23.7 Å². The van der Waals surface area contributed by atoms with Crippen LogP contribution in [-0.4, -0.2) is 25.8 Å². The number of hydrogen-bond donors (Lipinski definition) is 1. The molecule has 0 aliphatic carbocycles. The molecule has 0 aromatic heterocycles. The van der Waals surface area contributed by atoms with Gasteiger partial charge in [0, 0.05) is 6.92 Å². The molecule has 0 unspecified atom stereocenters. The number of carbonyl (C=O) groups excluding carboxylic acids is 1. The van der Waals surface area contributed by atoms with Crippen molar-refractivity contribution in [2.45, 2.75) is 13.8 Å². The summed E-state index contributed by atoms with van der Waals surface area (Å²) >= 11 is 6.06. The van der Waals surface area contributed by atoms with Crippen molar-refractivity contribution in [3.63, 3.8) is 0 Å². The summed E-state index contributed by atoms with van der Waals surface area (Å²) in [5, 5.41) is 4.18. The first-order valence-corrected chi connectivity index (χ1v) is 5.76. The predicted molar refractivity (Wildman–Crippen MR) is 70.6 cm³/mol. The second kappa shape index (κ2) is 6.86. The van der Waals surface area contributed by atoms with Gasteiger partial charge >= 0.3 is 0 Å². The number of halogens is 1. The Balaban J connectivity index is 3.00. The third-order valence-electron chi connectivity index (χ3n) is 1.97. The van der Waals surface area contributed by atoms with Gasteiger partial charge in [-0.25, -0.2) is 5.43 Å². The Morgan fingerprint density at radius 3 is 2.83 bits per heavy atom. The van der Waals surface area contributed by atoms with Crippen LogP contribution >= 0.6 is 11.6 Å². The van der Waals surface area contributed by atoms with Crippen molar-refractivity contribution < 1.29 is 14.3 Å². The molecule has 0 heterocycles. The molecule has 0 aliphatic heterocycles. The number of nitrogens with one attached hydrogen (secondary N) is 1. The van der Waals surface area contributed by atoms with Crippen molar-refractivity contribution in [3.8, 4) is 11.5 Å². The summed E-state index contributed by atoms with van der Waals surface area (Å²) in [6.07, 6.45) is 1.48. The summed E-state index contributed by atoms with van der Waals surface area (Å²) in [6, 6.07) is 3.41. The number of carbonyl (C=O) groups is 1. The van der Waals surface area contributed by atoms with E-state index in [0.717, 1.165) is 0 Å². The number of hydrogen-bond acceptors (Lipinski definition) is 4. The van der Waals surface area contributed by atoms with E-state index in [9.17, 15) is 4.79 Å². The van der Waals surface area contributed by atoms with E-state index in [1.807, 2.05) is 6.92 Å². The Morgan fingerprint density at radius 2 is 2.28 bits per heavy atom. The zero-order valence-corrected chi connectivity index (χ0v) is 11.2. The molecule has 0 fully saturated rings. The van der Waals surface area contributed by atoms with Gasteiger partial charge in [0.15, 0.2) is 11.5 Å². The molecule has 0 saturated carbocycles. The predicted octanol–water partition coefficient (Wildman–Crippen LogP) is 2.22. The molecule has 0 bridgehead atoms. The number of rotatable bonds is 5. The number of nitrogens with zero attached hydrogens (tertiary/aromatic N) is 1. The minimum Gasteiger partial charge on any atom is -0.491 e. The third-order valence-corrected chi connectivity index (χ3v) is 2.25. The van der Waals surface area contributed by atoms with E-state index in [0.29, 0.717) is 28.7 Å². The second-order valence-electron chi connectivity index (χ2n) is 3.39. The maximum Gasteiger partial charge on any atom is 0.236 e. The van der Waals surface area contributed by atoms with Crippen molar-refractivity contribution in [1.82, 2.24) is 5.43 Å². The van der Waals surface area contributed by atoms with E-state index in [4.69, 9.17) is 21.1 Å². The van der Waals surface area contributed by atoms with Gasteiger partial charge in [0.05, 0.1) is 25.0 Å². The van der Waals surface area contributed by atoms with Gasteiger partial charge < -0.3 is 9.47 Å². The summed E-state index contributed by atoms with van der Waals surface area (Å²) in [5.41, 5.74) is 3.02. The largest absolute Gasteiger partial charge is 0.491 e. The lowest BCUT2D eigenvalue weighted by Crippen LogP contribution is -2.12. The van der Waals surface area contributed by atoms with E-state index < -0.39 is 0 Å². The van der Waals surface area contributed by atoms with Gasteiger partial charge in [0.1, 0.15) is 0 Å². The molecule has 6 heteroatoms. The van der Waals surface area contributed by atoms with Gasteiger partial charge in [0.25, 0.3) is 0 Å². The van der Waals surface area contributed by atoms with Crippen LogP contribution in [0.1, 0.15) is 19.4 Å². The minimum absolute atomic E-state index is 0.240. The van der Waals surface area contributed by atoms with Crippen LogP contribution in [0.15, 0.2) is 17.2 Å². The molecule has 0 radical (unpaired) electrons. The van der Waals surface area contributed by atoms with Gasteiger partial charge in [-0.3, -0.25) is 4.79 Å². The van der Waals surface area contributed by atoms with Crippen LogP contribution in [0, 0.1) is 0 Å². The highest BCUT2D eigenvalue weighted by atomic mass is 35.5. The van der Waals surface area contributed by atoms with Gasteiger partial charge in [-0.1, -0.05) is 11.6 Å². The number of amides is 1. The second-order valence-corrected chi connectivity index (χ2v) is 3.80. The molecule has 1 amide bonds. The standard InChI is InChI=1S/C12H15ClN2O3/c1-4-18-11-6-9(7-14-15-8(2)16)5-10(13)12(11)17-3/h5-7H,4H2,1-3H3,(H,15,16)/b14-7-. The smallest absolute Gasteiger partial charge is 0.236 e. The van der Waals surface area contributed by atoms with Gasteiger partial charge in [-0.2, -0.15) is 5.10 Å². The molecular weight excluding hydrogens is 256 g/mol. The zero-order valence-electron chi connectivity index (χ0n) is 10.5. The molecule has 0 atom stereocenters. The monoisotopic (exact) mass is 270 g/mol. The normalized spacial score (nSPS) is 10.4. The quantitative estimate of drug-likeness (QED) is 0.659. The maximum absolute atomic E-state index is 10.7. The highest BCUT2D eigenvalue weighted by Crippen LogP contribution is 2.35. The summed E-state index contributed by atoms with van der Waals surface area (Å²) in [4.78, 5) is 10.7. The van der Waals surface area contributed by atoms with Gasteiger partial charge in [0.2, 0.25) is 5.91 Å². The van der Waals surface area contributed by atoms with Crippen LogP contribution in [0.3, 0.4) is 0 Å². The van der Waals surface area contributed by atoms with E-state index >= 15 is 0 Å². The molecule has 0 saturated heterocycles. The minimum atomic E-state index is -0.240. The molecule has 1 aromatic rings. The third kappa shape index (κ3) is 3.92. The highest BCUT2D eigenvalue weighted by Gasteiger charge is 2.10. The van der Waals surface area contributed by atoms with E-state index in [1.54, 1.807) is 12.1 Å². The number of methoxy groups -OCH3 is 1. The topological polar surface area (TPSA) is 59.9 Å². The van der Waals surface area contributed by atoms with Crippen molar-refractivity contribution in [3.05, 3.63) is 22.7 Å². The average molecular weight is 271 g/mol. The molecule has 5 nitrogen and oxygen atoms in total. The first-order valence-electron chi connectivity index (χ1n) is 5.38. The molecule has 0 aliphatic rings. The first kappa shape index (κ1) is 14.3. The maximum atomic E-state index is 10.7. The summed E-state index contributed by atoms with van der Waals surface area (Å²) in [6.45, 7) is 3.74. The molecular formula is C12H15ClN2O3. The Hall–Kier alpha value is -1.75.